The molecule has 1 unspecified atom stereocenters. The molecule has 1 saturated carbocycles. The molecule has 27 heavy (non-hydrogen) atoms. The average molecular weight is 365 g/mol. The highest BCUT2D eigenvalue weighted by atomic mass is 16.5. The number of hydrogen-bond acceptors (Lipinski definition) is 3. The number of carbonyl (C=O) groups is 1. The molecule has 1 saturated heterocycles. The molecule has 1 aliphatic carbocycles. The summed E-state index contributed by atoms with van der Waals surface area (Å²) in [6, 6.07) is 17.7. The van der Waals surface area contributed by atoms with Crippen molar-refractivity contribution in [3.63, 3.8) is 0 Å². The Kier molecular flexibility index (Phi) is 5.03. The molecule has 0 aromatic heterocycles. The summed E-state index contributed by atoms with van der Waals surface area (Å²) in [5.41, 5.74) is 1.89. The number of ether oxygens (including phenoxy) is 1. The second-order valence-corrected chi connectivity index (χ2v) is 7.89. The minimum Gasteiger partial charge on any atom is -0.489 e. The highest BCUT2D eigenvalue weighted by Crippen LogP contribution is 2.51. The summed E-state index contributed by atoms with van der Waals surface area (Å²) in [6.45, 7) is 3.39. The van der Waals surface area contributed by atoms with E-state index >= 15 is 0 Å². The van der Waals surface area contributed by atoms with E-state index in [-0.39, 0.29) is 6.03 Å². The number of likely N-dealkylation sites (tertiary alicyclic amines) is 1. The van der Waals surface area contributed by atoms with Crippen LogP contribution in [0.2, 0.25) is 0 Å². The van der Waals surface area contributed by atoms with Crippen molar-refractivity contribution in [1.82, 2.24) is 9.80 Å². The molecule has 0 radical (unpaired) electrons. The molecule has 1 N–H and O–H groups in total. The number of nitrogens with zero attached hydrogens (tertiary/aromatic N) is 2. The minimum atomic E-state index is -0.00832. The van der Waals surface area contributed by atoms with Crippen LogP contribution in [0.4, 0.5) is 10.5 Å². The van der Waals surface area contributed by atoms with Crippen molar-refractivity contribution < 1.29 is 9.53 Å². The van der Waals surface area contributed by atoms with Gasteiger partial charge in [-0.15, -0.1) is 0 Å². The van der Waals surface area contributed by atoms with E-state index in [0.717, 1.165) is 42.6 Å². The van der Waals surface area contributed by atoms with Crippen molar-refractivity contribution in [2.45, 2.75) is 6.61 Å². The maximum Gasteiger partial charge on any atom is 0.321 e. The molecule has 142 valence electrons. The van der Waals surface area contributed by atoms with Gasteiger partial charge in [-0.2, -0.15) is 0 Å². The Morgan fingerprint density at radius 1 is 1.11 bits per heavy atom. The topological polar surface area (TPSA) is 44.8 Å². The summed E-state index contributed by atoms with van der Waals surface area (Å²) in [4.78, 5) is 16.8. The van der Waals surface area contributed by atoms with Crippen LogP contribution in [0.25, 0.3) is 0 Å². The highest BCUT2D eigenvalue weighted by Gasteiger charge is 2.56. The van der Waals surface area contributed by atoms with Gasteiger partial charge in [0.05, 0.1) is 0 Å². The molecule has 4 rings (SSSR count). The molecular formula is C22H27N3O2. The molecule has 3 atom stereocenters. The van der Waals surface area contributed by atoms with Crippen LogP contribution in [0.15, 0.2) is 54.6 Å². The van der Waals surface area contributed by atoms with E-state index in [1.165, 1.54) is 0 Å². The van der Waals surface area contributed by atoms with Gasteiger partial charge in [-0.05, 0) is 49.5 Å². The van der Waals surface area contributed by atoms with Crippen molar-refractivity contribution in [2.75, 3.05) is 39.0 Å². The van der Waals surface area contributed by atoms with Crippen molar-refractivity contribution in [1.29, 1.82) is 0 Å². The minimum absolute atomic E-state index is 0.00832. The molecule has 5 heteroatoms. The summed E-state index contributed by atoms with van der Waals surface area (Å²) in [6.07, 6.45) is 0. The fourth-order valence-corrected chi connectivity index (χ4v) is 4.11. The third-order valence-electron chi connectivity index (χ3n) is 5.57. The zero-order valence-corrected chi connectivity index (χ0v) is 16.0. The van der Waals surface area contributed by atoms with E-state index in [1.807, 2.05) is 59.5 Å². The van der Waals surface area contributed by atoms with E-state index in [1.54, 1.807) is 0 Å². The lowest BCUT2D eigenvalue weighted by Gasteiger charge is -2.21. The van der Waals surface area contributed by atoms with Gasteiger partial charge in [0.15, 0.2) is 0 Å². The Hall–Kier alpha value is -2.53. The normalized spacial score (nSPS) is 23.2. The number of fused-ring (bicyclic) bond motifs is 1. The van der Waals surface area contributed by atoms with Gasteiger partial charge in [-0.1, -0.05) is 36.4 Å². The predicted molar refractivity (Wildman–Crippen MR) is 107 cm³/mol. The first-order valence-corrected chi connectivity index (χ1v) is 9.57. The van der Waals surface area contributed by atoms with Gasteiger partial charge in [-0.25, -0.2) is 4.79 Å². The Morgan fingerprint density at radius 3 is 2.56 bits per heavy atom. The molecule has 1 heterocycles. The summed E-state index contributed by atoms with van der Waals surface area (Å²) >= 11 is 0. The van der Waals surface area contributed by atoms with Crippen LogP contribution >= 0.6 is 0 Å². The molecule has 1 aliphatic heterocycles. The maximum atomic E-state index is 12.6. The number of hydrogen-bond donors (Lipinski definition) is 1. The molecule has 0 spiro atoms. The summed E-state index contributed by atoms with van der Waals surface area (Å²) in [5, 5.41) is 3.02. The number of urea groups is 1. The van der Waals surface area contributed by atoms with E-state index in [2.05, 4.69) is 24.3 Å². The number of nitrogens with one attached hydrogen (secondary N) is 1. The smallest absolute Gasteiger partial charge is 0.321 e. The Labute approximate surface area is 160 Å². The van der Waals surface area contributed by atoms with Gasteiger partial charge in [0.25, 0.3) is 0 Å². The lowest BCUT2D eigenvalue weighted by molar-refractivity contribution is 0.212. The van der Waals surface area contributed by atoms with Crippen LogP contribution in [0.5, 0.6) is 5.75 Å². The van der Waals surface area contributed by atoms with Crippen LogP contribution in [-0.2, 0) is 6.61 Å². The van der Waals surface area contributed by atoms with Crippen molar-refractivity contribution in [3.05, 3.63) is 60.2 Å². The largest absolute Gasteiger partial charge is 0.489 e. The van der Waals surface area contributed by atoms with Crippen molar-refractivity contribution >= 4 is 11.7 Å². The van der Waals surface area contributed by atoms with E-state index in [0.29, 0.717) is 18.4 Å². The molecule has 2 amide bonds. The Balaban J connectivity index is 1.28. The lowest BCUT2D eigenvalue weighted by atomic mass is 10.2. The molecule has 0 bridgehead atoms. The van der Waals surface area contributed by atoms with E-state index in [9.17, 15) is 4.79 Å². The van der Waals surface area contributed by atoms with Crippen LogP contribution in [0, 0.1) is 17.8 Å². The molecule has 2 aromatic carbocycles. The number of piperidine rings is 1. The second kappa shape index (κ2) is 7.61. The standard InChI is InChI=1S/C22H27N3O2/c1-24(2)12-19-20-13-25(14-21(19)20)22(26)23-17-9-6-10-18(11-17)27-15-16-7-4-3-5-8-16/h3-11,19-21H,12-15H2,1-2H3,(H,23,26)/t19?,20-,21+. The predicted octanol–water partition coefficient (Wildman–Crippen LogP) is 3.54. The molecule has 2 fully saturated rings. The van der Waals surface area contributed by atoms with Crippen molar-refractivity contribution in [2.24, 2.45) is 17.8 Å². The average Bonchev–Trinajstić information content (AvgIpc) is 3.10. The number of anilines is 1. The molecular weight excluding hydrogens is 338 g/mol. The first kappa shape index (κ1) is 17.9. The molecule has 2 aliphatic rings. The Morgan fingerprint density at radius 2 is 1.85 bits per heavy atom. The summed E-state index contributed by atoms with van der Waals surface area (Å²) in [5.74, 6) is 2.88. The number of benzene rings is 2. The second-order valence-electron chi connectivity index (χ2n) is 7.89. The number of rotatable bonds is 6. The molecule has 2 aromatic rings. The van der Waals surface area contributed by atoms with Crippen LogP contribution in [0.3, 0.4) is 0 Å². The Bertz CT molecular complexity index is 781. The summed E-state index contributed by atoms with van der Waals surface area (Å²) < 4.78 is 5.85. The fraction of sp³-hybridized carbons (Fsp3) is 0.409. The van der Waals surface area contributed by atoms with Crippen LogP contribution in [0.1, 0.15) is 5.56 Å². The third kappa shape index (κ3) is 4.25. The van der Waals surface area contributed by atoms with Gasteiger partial charge in [0.1, 0.15) is 12.4 Å². The number of amides is 2. The van der Waals surface area contributed by atoms with Crippen LogP contribution in [-0.4, -0.2) is 49.6 Å². The highest BCUT2D eigenvalue weighted by molar-refractivity contribution is 5.89. The fourth-order valence-electron chi connectivity index (χ4n) is 4.11. The van der Waals surface area contributed by atoms with Gasteiger partial charge >= 0.3 is 6.03 Å². The van der Waals surface area contributed by atoms with Gasteiger partial charge in [0, 0.05) is 31.4 Å². The maximum absolute atomic E-state index is 12.6. The first-order valence-electron chi connectivity index (χ1n) is 9.57. The quantitative estimate of drug-likeness (QED) is 0.852. The third-order valence-corrected chi connectivity index (χ3v) is 5.57. The summed E-state index contributed by atoms with van der Waals surface area (Å²) in [7, 11) is 4.23. The van der Waals surface area contributed by atoms with E-state index in [4.69, 9.17) is 4.74 Å². The number of carbonyl (C=O) groups excluding carboxylic acids is 1. The zero-order chi connectivity index (χ0) is 18.8. The zero-order valence-electron chi connectivity index (χ0n) is 16.0. The van der Waals surface area contributed by atoms with Gasteiger partial charge < -0.3 is 19.9 Å². The van der Waals surface area contributed by atoms with Crippen LogP contribution < -0.4 is 10.1 Å². The lowest BCUT2D eigenvalue weighted by Crippen LogP contribution is -2.36. The van der Waals surface area contributed by atoms with E-state index < -0.39 is 0 Å². The monoisotopic (exact) mass is 365 g/mol. The molecule has 5 nitrogen and oxygen atoms in total. The SMILES string of the molecule is CN(C)CC1[C@H]2CN(C(=O)Nc3cccc(OCc4ccccc4)c3)C[C@@H]12. The first-order chi connectivity index (χ1) is 13.1. The van der Waals surface area contributed by atoms with Gasteiger partial charge in [-0.3, -0.25) is 0 Å². The van der Waals surface area contributed by atoms with Crippen molar-refractivity contribution in [3.8, 4) is 5.75 Å². The van der Waals surface area contributed by atoms with Gasteiger partial charge in [0.2, 0.25) is 0 Å².